The Bertz CT molecular complexity index is 658. The van der Waals surface area contributed by atoms with Crippen LogP contribution in [0, 0.1) is 0 Å². The van der Waals surface area contributed by atoms with Crippen molar-refractivity contribution in [2.75, 3.05) is 16.8 Å². The van der Waals surface area contributed by atoms with Crippen LogP contribution in [0.15, 0.2) is 18.2 Å². The predicted octanol–water partition coefficient (Wildman–Crippen LogP) is -0.476. The van der Waals surface area contributed by atoms with Crippen molar-refractivity contribution in [3.05, 3.63) is 23.8 Å². The first-order valence-corrected chi connectivity index (χ1v) is 6.69. The van der Waals surface area contributed by atoms with Gasteiger partial charge in [-0.2, -0.15) is 0 Å². The van der Waals surface area contributed by atoms with Crippen LogP contribution in [0.3, 0.4) is 0 Å². The molecule has 4 N–H and O–H groups in total. The summed E-state index contributed by atoms with van der Waals surface area (Å²) in [7, 11) is 0. The quantitative estimate of drug-likeness (QED) is 0.638. The number of carbonyl (C=O) groups excluding carboxylic acids is 3. The van der Waals surface area contributed by atoms with Gasteiger partial charge in [-0.1, -0.05) is 0 Å². The molecule has 1 atom stereocenters. The predicted molar refractivity (Wildman–Crippen MR) is 74.5 cm³/mol. The number of anilines is 2. The third-order valence-electron chi connectivity index (χ3n) is 4.00. The van der Waals surface area contributed by atoms with E-state index in [-0.39, 0.29) is 18.9 Å². The summed E-state index contributed by atoms with van der Waals surface area (Å²) in [5.41, 5.74) is 5.23. The second kappa shape index (κ2) is 4.56. The molecule has 1 saturated heterocycles. The molecule has 0 aliphatic carbocycles. The van der Waals surface area contributed by atoms with Crippen LogP contribution in [0.4, 0.5) is 11.4 Å². The van der Waals surface area contributed by atoms with Gasteiger partial charge in [0.2, 0.25) is 11.5 Å². The van der Waals surface area contributed by atoms with E-state index >= 15 is 0 Å². The molecule has 7 nitrogen and oxygen atoms in total. The van der Waals surface area contributed by atoms with E-state index in [9.17, 15) is 19.5 Å². The van der Waals surface area contributed by atoms with E-state index < -0.39 is 17.4 Å². The number of hydrogen-bond donors (Lipinski definition) is 3. The number of nitrogens with one attached hydrogen (secondary N) is 1. The van der Waals surface area contributed by atoms with Crippen molar-refractivity contribution in [2.24, 2.45) is 5.73 Å². The van der Waals surface area contributed by atoms with Gasteiger partial charge in [0.25, 0.3) is 11.8 Å². The number of amides is 3. The van der Waals surface area contributed by atoms with Crippen molar-refractivity contribution >= 4 is 29.1 Å². The van der Waals surface area contributed by atoms with Gasteiger partial charge in [0.1, 0.15) is 0 Å². The molecule has 0 aromatic heterocycles. The monoisotopic (exact) mass is 289 g/mol. The number of hydrogen-bond acceptors (Lipinski definition) is 4. The topological polar surface area (TPSA) is 113 Å². The molecule has 0 saturated carbocycles. The fourth-order valence-corrected chi connectivity index (χ4v) is 2.72. The minimum absolute atomic E-state index is 0.0189. The number of fused-ring (bicyclic) bond motifs is 1. The molecule has 1 aromatic carbocycles. The Balaban J connectivity index is 1.91. The fraction of sp³-hybridized carbons (Fsp3) is 0.357. The van der Waals surface area contributed by atoms with E-state index in [0.717, 1.165) is 11.3 Å². The van der Waals surface area contributed by atoms with Gasteiger partial charge in [0.05, 0.1) is 0 Å². The van der Waals surface area contributed by atoms with Crippen molar-refractivity contribution in [1.82, 2.24) is 0 Å². The maximum absolute atomic E-state index is 12.2. The van der Waals surface area contributed by atoms with Gasteiger partial charge in [-0.25, -0.2) is 0 Å². The minimum Gasteiger partial charge on any atom is -0.372 e. The Kier molecular flexibility index (Phi) is 2.94. The van der Waals surface area contributed by atoms with Gasteiger partial charge < -0.3 is 21.1 Å². The van der Waals surface area contributed by atoms with Crippen molar-refractivity contribution in [1.29, 1.82) is 0 Å². The Morgan fingerprint density at radius 3 is 2.76 bits per heavy atom. The Hall–Kier alpha value is -2.41. The average molecular weight is 289 g/mol. The third-order valence-corrected chi connectivity index (χ3v) is 4.00. The lowest BCUT2D eigenvalue weighted by atomic mass is 10.0. The maximum Gasteiger partial charge on any atom is 0.268 e. The van der Waals surface area contributed by atoms with Crippen LogP contribution < -0.4 is 16.0 Å². The SMILES string of the molecule is NC(=O)C1(O)CCN(c2ccc3c(c2)CCC(=O)N3)C1=O. The molecule has 21 heavy (non-hydrogen) atoms. The number of aliphatic hydroxyl groups is 1. The zero-order chi connectivity index (χ0) is 15.2. The van der Waals surface area contributed by atoms with E-state index in [0.29, 0.717) is 18.5 Å². The first-order valence-electron chi connectivity index (χ1n) is 6.69. The van der Waals surface area contributed by atoms with Crippen LogP contribution in [0.25, 0.3) is 0 Å². The molecule has 0 radical (unpaired) electrons. The Morgan fingerprint density at radius 2 is 2.10 bits per heavy atom. The van der Waals surface area contributed by atoms with E-state index in [4.69, 9.17) is 5.73 Å². The maximum atomic E-state index is 12.2. The highest BCUT2D eigenvalue weighted by molar-refractivity contribution is 6.16. The van der Waals surface area contributed by atoms with Gasteiger partial charge in [0, 0.05) is 30.8 Å². The third kappa shape index (κ3) is 2.06. The van der Waals surface area contributed by atoms with Crippen molar-refractivity contribution in [3.8, 4) is 0 Å². The number of rotatable bonds is 2. The average Bonchev–Trinajstić information content (AvgIpc) is 2.76. The lowest BCUT2D eigenvalue weighted by Gasteiger charge is -2.22. The number of nitrogens with two attached hydrogens (primary N) is 1. The largest absolute Gasteiger partial charge is 0.372 e. The Morgan fingerprint density at radius 1 is 1.33 bits per heavy atom. The molecule has 110 valence electrons. The molecular weight excluding hydrogens is 274 g/mol. The molecule has 1 fully saturated rings. The van der Waals surface area contributed by atoms with Gasteiger partial charge in [-0.15, -0.1) is 0 Å². The zero-order valence-corrected chi connectivity index (χ0v) is 11.3. The molecule has 3 rings (SSSR count). The van der Waals surface area contributed by atoms with Crippen molar-refractivity contribution < 1.29 is 19.5 Å². The molecule has 0 bridgehead atoms. The molecule has 2 heterocycles. The molecular formula is C14H15N3O4. The van der Waals surface area contributed by atoms with Gasteiger partial charge in [-0.3, -0.25) is 14.4 Å². The summed E-state index contributed by atoms with van der Waals surface area (Å²) in [5.74, 6) is -1.76. The second-order valence-electron chi connectivity index (χ2n) is 5.32. The van der Waals surface area contributed by atoms with E-state index in [1.165, 1.54) is 4.90 Å². The lowest BCUT2D eigenvalue weighted by molar-refractivity contribution is -0.147. The fourth-order valence-electron chi connectivity index (χ4n) is 2.72. The smallest absolute Gasteiger partial charge is 0.268 e. The minimum atomic E-state index is -2.12. The summed E-state index contributed by atoms with van der Waals surface area (Å²) >= 11 is 0. The van der Waals surface area contributed by atoms with Gasteiger partial charge >= 0.3 is 0 Å². The first kappa shape index (κ1) is 13.6. The summed E-state index contributed by atoms with van der Waals surface area (Å²) in [6, 6.07) is 5.19. The summed E-state index contributed by atoms with van der Waals surface area (Å²) in [4.78, 5) is 36.1. The summed E-state index contributed by atoms with van der Waals surface area (Å²) in [6.07, 6.45) is 0.974. The summed E-state index contributed by atoms with van der Waals surface area (Å²) < 4.78 is 0. The van der Waals surface area contributed by atoms with Crippen LogP contribution in [0.5, 0.6) is 0 Å². The molecule has 7 heteroatoms. The second-order valence-corrected chi connectivity index (χ2v) is 5.32. The van der Waals surface area contributed by atoms with Crippen molar-refractivity contribution in [3.63, 3.8) is 0 Å². The van der Waals surface area contributed by atoms with Crippen LogP contribution in [0.1, 0.15) is 18.4 Å². The Labute approximate surface area is 120 Å². The number of carbonyl (C=O) groups is 3. The highest BCUT2D eigenvalue weighted by Gasteiger charge is 2.50. The van der Waals surface area contributed by atoms with Gasteiger partial charge in [0.15, 0.2) is 0 Å². The normalized spacial score (nSPS) is 24.7. The zero-order valence-electron chi connectivity index (χ0n) is 11.3. The first-order chi connectivity index (χ1) is 9.91. The standard InChI is InChI=1S/C14H15N3O4/c15-12(19)14(21)5-6-17(13(14)20)9-2-3-10-8(7-9)1-4-11(18)16-10/h2-3,7,21H,1,4-6H2,(H2,15,19)(H,16,18). The van der Waals surface area contributed by atoms with Gasteiger partial charge in [-0.05, 0) is 30.2 Å². The number of primary amides is 1. The molecule has 1 unspecified atom stereocenters. The summed E-state index contributed by atoms with van der Waals surface area (Å²) in [6.45, 7) is 0.226. The van der Waals surface area contributed by atoms with Crippen LogP contribution in [0.2, 0.25) is 0 Å². The molecule has 2 aliphatic rings. The molecule has 2 aliphatic heterocycles. The highest BCUT2D eigenvalue weighted by Crippen LogP contribution is 2.32. The number of benzene rings is 1. The highest BCUT2D eigenvalue weighted by atomic mass is 16.3. The molecule has 0 spiro atoms. The van der Waals surface area contributed by atoms with Crippen LogP contribution in [-0.2, 0) is 20.8 Å². The molecule has 3 amide bonds. The number of aryl methyl sites for hydroxylation is 1. The van der Waals surface area contributed by atoms with E-state index in [1.54, 1.807) is 18.2 Å². The number of nitrogens with zero attached hydrogens (tertiary/aromatic N) is 1. The van der Waals surface area contributed by atoms with Crippen LogP contribution in [-0.4, -0.2) is 35.0 Å². The molecule has 1 aromatic rings. The van der Waals surface area contributed by atoms with E-state index in [1.807, 2.05) is 0 Å². The van der Waals surface area contributed by atoms with Crippen molar-refractivity contribution in [2.45, 2.75) is 24.9 Å². The summed E-state index contributed by atoms with van der Waals surface area (Å²) in [5, 5.41) is 12.8. The lowest BCUT2D eigenvalue weighted by Crippen LogP contribution is -2.50. The van der Waals surface area contributed by atoms with E-state index in [2.05, 4.69) is 5.32 Å². The van der Waals surface area contributed by atoms with Crippen LogP contribution >= 0.6 is 0 Å².